The van der Waals surface area contributed by atoms with Gasteiger partial charge in [0.1, 0.15) is 17.7 Å². The van der Waals surface area contributed by atoms with Crippen molar-refractivity contribution < 1.29 is 28.7 Å². The molecule has 0 radical (unpaired) electrons. The number of carbonyl (C=O) groups excluding carboxylic acids is 3. The van der Waals surface area contributed by atoms with Crippen molar-refractivity contribution in [1.29, 1.82) is 0 Å². The van der Waals surface area contributed by atoms with E-state index in [1.807, 2.05) is 24.3 Å². The van der Waals surface area contributed by atoms with Gasteiger partial charge in [0.15, 0.2) is 0 Å². The zero-order chi connectivity index (χ0) is 27.0. The molecule has 0 bridgehead atoms. The molecule has 8 nitrogen and oxygen atoms in total. The van der Waals surface area contributed by atoms with Crippen molar-refractivity contribution in [2.75, 3.05) is 7.11 Å². The number of nitrogens with one attached hydrogen (secondary N) is 2. The molecule has 0 heterocycles. The molecule has 35 heavy (non-hydrogen) atoms. The average molecular weight is 509 g/mol. The first-order chi connectivity index (χ1) is 16.1. The third-order valence-electron chi connectivity index (χ3n) is 6.06. The summed E-state index contributed by atoms with van der Waals surface area (Å²) >= 11 is 0. The van der Waals surface area contributed by atoms with Gasteiger partial charge in [-0.15, -0.1) is 0 Å². The molecular formula is C26H44N2O6Si. The van der Waals surface area contributed by atoms with Crippen LogP contribution in [0, 0.1) is 0 Å². The van der Waals surface area contributed by atoms with E-state index >= 15 is 0 Å². The van der Waals surface area contributed by atoms with E-state index in [9.17, 15) is 19.2 Å². The van der Waals surface area contributed by atoms with Gasteiger partial charge in [-0.1, -0.05) is 52.0 Å². The van der Waals surface area contributed by atoms with E-state index in [1.54, 1.807) is 20.8 Å². The zero-order valence-electron chi connectivity index (χ0n) is 22.7. The van der Waals surface area contributed by atoms with Crippen LogP contribution in [-0.4, -0.2) is 55.9 Å². The summed E-state index contributed by atoms with van der Waals surface area (Å²) in [4.78, 5) is 48.1. The molecule has 9 heteroatoms. The van der Waals surface area contributed by atoms with Gasteiger partial charge < -0.3 is 24.9 Å². The molecule has 1 rings (SSSR count). The van der Waals surface area contributed by atoms with Crippen LogP contribution in [0.3, 0.4) is 0 Å². The van der Waals surface area contributed by atoms with E-state index in [1.165, 1.54) is 14.0 Å². The second-order valence-electron chi connectivity index (χ2n) is 10.7. The van der Waals surface area contributed by atoms with E-state index in [0.29, 0.717) is 19.3 Å². The first kappa shape index (κ1) is 30.6. The molecule has 0 aromatic heterocycles. The fourth-order valence-electron chi connectivity index (χ4n) is 4.05. The molecule has 0 fully saturated rings. The fraction of sp³-hybridized carbons (Fsp3) is 0.654. The number of benzene rings is 1. The van der Waals surface area contributed by atoms with Crippen LogP contribution in [0.25, 0.3) is 0 Å². The van der Waals surface area contributed by atoms with Gasteiger partial charge in [-0.05, 0) is 68.8 Å². The summed E-state index contributed by atoms with van der Waals surface area (Å²) in [5.74, 6) is -1.05. The standard InChI is InChI=1S/C26H44N2O6Si/c1-17(2)35(32,18(3)4)21-15-13-20(14-16-21)11-10-12-22(28-25(31)34-26(6,7)8)23(29)27-19(5)24(30)33-9/h13-19,22,32H,10-12H2,1-9H3,(H,27,29)(H,28,31)/t19-,22-/m0/s1. The summed E-state index contributed by atoms with van der Waals surface area (Å²) in [6.45, 7) is 15.0. The number of alkyl carbamates (subject to hydrolysis) is 1. The van der Waals surface area contributed by atoms with E-state index < -0.39 is 44.0 Å². The van der Waals surface area contributed by atoms with Crippen LogP contribution in [0.1, 0.15) is 73.8 Å². The Morgan fingerprint density at radius 1 is 0.971 bits per heavy atom. The summed E-state index contributed by atoms with van der Waals surface area (Å²) in [5, 5.41) is 6.23. The fourth-order valence-corrected chi connectivity index (χ4v) is 7.42. The summed E-state index contributed by atoms with van der Waals surface area (Å²) in [6, 6.07) is 6.37. The molecule has 2 amide bonds. The third kappa shape index (κ3) is 9.29. The number of rotatable bonds is 11. The van der Waals surface area contributed by atoms with Gasteiger partial charge in [-0.25, -0.2) is 9.59 Å². The highest BCUT2D eigenvalue weighted by Crippen LogP contribution is 2.29. The molecule has 0 saturated carbocycles. The average Bonchev–Trinajstić information content (AvgIpc) is 2.75. The van der Waals surface area contributed by atoms with Crippen molar-refractivity contribution in [3.05, 3.63) is 29.8 Å². The van der Waals surface area contributed by atoms with Gasteiger partial charge in [0.05, 0.1) is 7.11 Å². The molecule has 0 unspecified atom stereocenters. The van der Waals surface area contributed by atoms with Gasteiger partial charge >= 0.3 is 12.1 Å². The highest BCUT2D eigenvalue weighted by atomic mass is 28.4. The predicted molar refractivity (Wildman–Crippen MR) is 140 cm³/mol. The Labute approximate surface area is 211 Å². The van der Waals surface area contributed by atoms with Gasteiger partial charge in [-0.3, -0.25) is 4.79 Å². The van der Waals surface area contributed by atoms with Gasteiger partial charge in [0.2, 0.25) is 14.2 Å². The lowest BCUT2D eigenvalue weighted by atomic mass is 10.0. The quantitative estimate of drug-likeness (QED) is 0.311. The number of amides is 2. The molecule has 0 aliphatic rings. The van der Waals surface area contributed by atoms with Crippen molar-refractivity contribution in [3.8, 4) is 0 Å². The van der Waals surface area contributed by atoms with Gasteiger partial charge in [-0.2, -0.15) is 0 Å². The summed E-state index contributed by atoms with van der Waals surface area (Å²) in [7, 11) is -1.34. The number of hydrogen-bond acceptors (Lipinski definition) is 6. The van der Waals surface area contributed by atoms with Crippen LogP contribution in [0.15, 0.2) is 24.3 Å². The minimum Gasteiger partial charge on any atom is -0.467 e. The monoisotopic (exact) mass is 508 g/mol. The number of esters is 1. The summed E-state index contributed by atoms with van der Waals surface area (Å²) < 4.78 is 9.96. The molecule has 3 N–H and O–H groups in total. The van der Waals surface area contributed by atoms with Gasteiger partial charge in [0.25, 0.3) is 0 Å². The highest BCUT2D eigenvalue weighted by molar-refractivity contribution is 6.87. The van der Waals surface area contributed by atoms with Crippen molar-refractivity contribution in [1.82, 2.24) is 10.6 Å². The largest absolute Gasteiger partial charge is 0.467 e. The van der Waals surface area contributed by atoms with Crippen LogP contribution >= 0.6 is 0 Å². The van der Waals surface area contributed by atoms with Crippen LogP contribution in [0.5, 0.6) is 0 Å². The Bertz CT molecular complexity index is 840. The molecule has 0 aliphatic heterocycles. The number of methoxy groups -OCH3 is 1. The van der Waals surface area contributed by atoms with Crippen LogP contribution < -0.4 is 15.8 Å². The molecule has 0 aliphatic carbocycles. The van der Waals surface area contributed by atoms with Crippen molar-refractivity contribution >= 4 is 31.5 Å². The van der Waals surface area contributed by atoms with Gasteiger partial charge in [0, 0.05) is 0 Å². The first-order valence-electron chi connectivity index (χ1n) is 12.3. The predicted octanol–water partition coefficient (Wildman–Crippen LogP) is 3.55. The van der Waals surface area contributed by atoms with E-state index in [2.05, 4.69) is 43.1 Å². The molecule has 0 saturated heterocycles. The Kier molecular flexibility index (Phi) is 11.4. The topological polar surface area (TPSA) is 114 Å². The second-order valence-corrected chi connectivity index (χ2v) is 15.2. The van der Waals surface area contributed by atoms with E-state index in [0.717, 1.165) is 10.8 Å². The lowest BCUT2D eigenvalue weighted by Crippen LogP contribution is -2.53. The first-order valence-corrected chi connectivity index (χ1v) is 14.4. The third-order valence-corrected chi connectivity index (χ3v) is 10.8. The van der Waals surface area contributed by atoms with E-state index in [4.69, 9.17) is 4.74 Å². The maximum absolute atomic E-state index is 12.8. The Balaban J connectivity index is 2.88. The van der Waals surface area contributed by atoms with Crippen molar-refractivity contribution in [2.45, 2.75) is 103 Å². The SMILES string of the molecule is COC(=O)[C@H](C)NC(=O)[C@H](CCCc1ccc([Si](O)(C(C)C)C(C)C)cc1)NC(=O)OC(C)(C)C. The minimum absolute atomic E-state index is 0.207. The van der Waals surface area contributed by atoms with Crippen molar-refractivity contribution in [2.24, 2.45) is 0 Å². The Morgan fingerprint density at radius 3 is 1.97 bits per heavy atom. The molecular weight excluding hydrogens is 464 g/mol. The molecule has 2 atom stereocenters. The number of carbonyl (C=O) groups is 3. The lowest BCUT2D eigenvalue weighted by molar-refractivity contribution is -0.144. The highest BCUT2D eigenvalue weighted by Gasteiger charge is 2.40. The summed E-state index contributed by atoms with van der Waals surface area (Å²) in [5.41, 5.74) is 0.790. The zero-order valence-corrected chi connectivity index (χ0v) is 23.7. The molecule has 1 aromatic rings. The number of hydrogen-bond donors (Lipinski definition) is 3. The maximum atomic E-state index is 12.8. The van der Waals surface area contributed by atoms with E-state index in [-0.39, 0.29) is 11.1 Å². The maximum Gasteiger partial charge on any atom is 0.408 e. The van der Waals surface area contributed by atoms with Crippen LogP contribution in [0.2, 0.25) is 11.1 Å². The van der Waals surface area contributed by atoms with Crippen molar-refractivity contribution in [3.63, 3.8) is 0 Å². The minimum atomic E-state index is -2.59. The number of ether oxygens (including phenoxy) is 2. The van der Waals surface area contributed by atoms with Crippen LogP contribution in [-0.2, 0) is 25.5 Å². The lowest BCUT2D eigenvalue weighted by Gasteiger charge is -2.33. The summed E-state index contributed by atoms with van der Waals surface area (Å²) in [6.07, 6.45) is 0.975. The molecule has 1 aromatic carbocycles. The molecule has 198 valence electrons. The molecule has 0 spiro atoms. The Hall–Kier alpha value is -2.39. The Morgan fingerprint density at radius 2 is 1.51 bits per heavy atom. The van der Waals surface area contributed by atoms with Crippen LogP contribution in [0.4, 0.5) is 4.79 Å². The second kappa shape index (κ2) is 13.1. The number of aryl methyl sites for hydroxylation is 1. The normalized spacial score (nSPS) is 13.8. The smallest absolute Gasteiger partial charge is 0.408 e.